The smallest absolute Gasteiger partial charge is 0.229 e. The van der Waals surface area contributed by atoms with Gasteiger partial charge in [0.2, 0.25) is 11.8 Å². The molecule has 1 aromatic heterocycles. The molecular weight excluding hydrogens is 335 g/mol. The van der Waals surface area contributed by atoms with Crippen LogP contribution in [0.3, 0.4) is 0 Å². The van der Waals surface area contributed by atoms with E-state index in [0.29, 0.717) is 12.1 Å². The fourth-order valence-corrected chi connectivity index (χ4v) is 3.23. The third-order valence-corrected chi connectivity index (χ3v) is 4.58. The van der Waals surface area contributed by atoms with Gasteiger partial charge in [0.25, 0.3) is 0 Å². The highest BCUT2D eigenvalue weighted by atomic mass is 19.1. The second-order valence-corrected chi connectivity index (χ2v) is 6.32. The molecular formula is C19H17FN4O2. The molecule has 0 radical (unpaired) electrons. The van der Waals surface area contributed by atoms with Crippen molar-refractivity contribution in [1.82, 2.24) is 15.5 Å². The van der Waals surface area contributed by atoms with E-state index in [1.54, 1.807) is 12.1 Å². The zero-order chi connectivity index (χ0) is 18.1. The maximum absolute atomic E-state index is 14.1. The number of aromatic amines is 1. The monoisotopic (exact) mass is 352 g/mol. The zero-order valence-corrected chi connectivity index (χ0v) is 13.9. The highest BCUT2D eigenvalue weighted by Gasteiger charge is 2.37. The predicted molar refractivity (Wildman–Crippen MR) is 94.8 cm³/mol. The molecule has 2 amide bonds. The second kappa shape index (κ2) is 6.59. The molecule has 0 saturated carbocycles. The van der Waals surface area contributed by atoms with Crippen molar-refractivity contribution in [2.24, 2.45) is 5.92 Å². The maximum Gasteiger partial charge on any atom is 0.229 e. The average Bonchev–Trinajstić information content (AvgIpc) is 3.25. The van der Waals surface area contributed by atoms with Gasteiger partial charge >= 0.3 is 0 Å². The first-order chi connectivity index (χ1) is 12.6. The van der Waals surface area contributed by atoms with Gasteiger partial charge in [0.05, 0.1) is 16.8 Å². The molecule has 132 valence electrons. The topological polar surface area (TPSA) is 78.1 Å². The molecule has 26 heavy (non-hydrogen) atoms. The van der Waals surface area contributed by atoms with Crippen LogP contribution in [-0.4, -0.2) is 28.6 Å². The Kier molecular flexibility index (Phi) is 4.12. The number of anilines is 1. The van der Waals surface area contributed by atoms with Gasteiger partial charge in [0.15, 0.2) is 5.82 Å². The van der Waals surface area contributed by atoms with Crippen molar-refractivity contribution in [3.63, 3.8) is 0 Å². The van der Waals surface area contributed by atoms with Crippen LogP contribution in [0, 0.1) is 11.7 Å². The summed E-state index contributed by atoms with van der Waals surface area (Å²) in [6.07, 6.45) is 0.0867. The summed E-state index contributed by atoms with van der Waals surface area (Å²) in [5.74, 6) is -1.12. The summed E-state index contributed by atoms with van der Waals surface area (Å²) in [5, 5.41) is 9.94. The van der Waals surface area contributed by atoms with Crippen molar-refractivity contribution in [3.8, 4) is 0 Å². The largest absolute Gasteiger partial charge is 0.352 e. The van der Waals surface area contributed by atoms with E-state index < -0.39 is 11.7 Å². The molecule has 1 saturated heterocycles. The van der Waals surface area contributed by atoms with E-state index in [1.807, 2.05) is 30.3 Å². The molecule has 6 nitrogen and oxygen atoms in total. The Morgan fingerprint density at radius 3 is 2.85 bits per heavy atom. The van der Waals surface area contributed by atoms with Crippen LogP contribution < -0.4 is 10.2 Å². The Balaban J connectivity index is 1.49. The number of H-pyrrole nitrogens is 1. The summed E-state index contributed by atoms with van der Waals surface area (Å²) in [5.41, 5.74) is 1.51. The Morgan fingerprint density at radius 1 is 1.23 bits per heavy atom. The molecule has 0 bridgehead atoms. The highest BCUT2D eigenvalue weighted by molar-refractivity contribution is 6.05. The molecule has 1 aliphatic heterocycles. The molecule has 1 aliphatic rings. The quantitative estimate of drug-likeness (QED) is 0.757. The van der Waals surface area contributed by atoms with Crippen LogP contribution in [0.15, 0.2) is 48.5 Å². The van der Waals surface area contributed by atoms with E-state index in [0.717, 1.165) is 5.56 Å². The summed E-state index contributed by atoms with van der Waals surface area (Å²) in [7, 11) is 0. The van der Waals surface area contributed by atoms with Crippen LogP contribution >= 0.6 is 0 Å². The lowest BCUT2D eigenvalue weighted by Gasteiger charge is -2.14. The summed E-state index contributed by atoms with van der Waals surface area (Å²) in [6.45, 7) is 0.595. The molecule has 0 spiro atoms. The molecule has 2 heterocycles. The number of carbonyl (C=O) groups excluding carboxylic acids is 2. The lowest BCUT2D eigenvalue weighted by Crippen LogP contribution is -2.32. The summed E-state index contributed by atoms with van der Waals surface area (Å²) >= 11 is 0. The van der Waals surface area contributed by atoms with Gasteiger partial charge in [-0.2, -0.15) is 5.10 Å². The van der Waals surface area contributed by atoms with Crippen LogP contribution in [0.5, 0.6) is 0 Å². The maximum atomic E-state index is 14.1. The number of nitrogens with zero attached hydrogens (tertiary/aromatic N) is 2. The van der Waals surface area contributed by atoms with E-state index in [9.17, 15) is 14.0 Å². The molecule has 0 unspecified atom stereocenters. The van der Waals surface area contributed by atoms with E-state index in [4.69, 9.17) is 0 Å². The number of fused-ring (bicyclic) bond motifs is 1. The minimum absolute atomic E-state index is 0.0867. The number of rotatable bonds is 4. The molecule has 1 fully saturated rings. The first-order valence-corrected chi connectivity index (χ1v) is 8.38. The van der Waals surface area contributed by atoms with Crippen LogP contribution in [0.25, 0.3) is 10.9 Å². The van der Waals surface area contributed by atoms with Gasteiger partial charge in [-0.1, -0.05) is 36.4 Å². The van der Waals surface area contributed by atoms with E-state index >= 15 is 0 Å². The molecule has 7 heteroatoms. The standard InChI is InChI=1S/C19H17FN4O2/c20-14-7-4-8-15-17(14)18(23-22-15)24-11-13(9-16(24)25)19(26)21-10-12-5-2-1-3-6-12/h1-8,13H,9-11H2,(H,21,26)(H,22,23)/t13-/m0/s1. The Morgan fingerprint density at radius 2 is 2.04 bits per heavy atom. The zero-order valence-electron chi connectivity index (χ0n) is 13.9. The number of aromatic nitrogens is 2. The van der Waals surface area contributed by atoms with Crippen molar-refractivity contribution in [3.05, 3.63) is 59.9 Å². The van der Waals surface area contributed by atoms with Crippen LogP contribution in [0.2, 0.25) is 0 Å². The first-order valence-electron chi connectivity index (χ1n) is 8.38. The number of benzene rings is 2. The van der Waals surface area contributed by atoms with E-state index in [-0.39, 0.29) is 36.0 Å². The summed E-state index contributed by atoms with van der Waals surface area (Å²) in [6, 6.07) is 14.2. The van der Waals surface area contributed by atoms with Gasteiger partial charge in [-0.15, -0.1) is 0 Å². The molecule has 4 rings (SSSR count). The number of hydrogen-bond acceptors (Lipinski definition) is 3. The van der Waals surface area contributed by atoms with Crippen LogP contribution in [0.1, 0.15) is 12.0 Å². The third kappa shape index (κ3) is 2.92. The van der Waals surface area contributed by atoms with Crippen LogP contribution in [0.4, 0.5) is 10.2 Å². The summed E-state index contributed by atoms with van der Waals surface area (Å²) < 4.78 is 14.1. The van der Waals surface area contributed by atoms with Crippen molar-refractivity contribution >= 4 is 28.5 Å². The minimum atomic E-state index is -0.482. The van der Waals surface area contributed by atoms with Crippen LogP contribution in [-0.2, 0) is 16.1 Å². The average molecular weight is 352 g/mol. The summed E-state index contributed by atoms with van der Waals surface area (Å²) in [4.78, 5) is 26.2. The minimum Gasteiger partial charge on any atom is -0.352 e. The lowest BCUT2D eigenvalue weighted by atomic mass is 10.1. The fourth-order valence-electron chi connectivity index (χ4n) is 3.23. The number of carbonyl (C=O) groups is 2. The number of hydrogen-bond donors (Lipinski definition) is 2. The number of nitrogens with one attached hydrogen (secondary N) is 2. The van der Waals surface area contributed by atoms with Crippen molar-refractivity contribution in [2.75, 3.05) is 11.4 Å². The van der Waals surface area contributed by atoms with Crippen molar-refractivity contribution in [2.45, 2.75) is 13.0 Å². The normalized spacial score (nSPS) is 17.0. The predicted octanol–water partition coefficient (Wildman–Crippen LogP) is 2.37. The molecule has 1 atom stereocenters. The molecule has 2 aromatic carbocycles. The highest BCUT2D eigenvalue weighted by Crippen LogP contribution is 2.31. The fraction of sp³-hybridized carbons (Fsp3) is 0.211. The van der Waals surface area contributed by atoms with E-state index in [1.165, 1.54) is 11.0 Å². The number of halogens is 1. The molecule has 3 aromatic rings. The second-order valence-electron chi connectivity index (χ2n) is 6.32. The first kappa shape index (κ1) is 16.3. The van der Waals surface area contributed by atoms with Gasteiger partial charge < -0.3 is 5.32 Å². The lowest BCUT2D eigenvalue weighted by molar-refractivity contribution is -0.126. The SMILES string of the molecule is O=C(NCc1ccccc1)[C@H]1CC(=O)N(c2n[nH]c3cccc(F)c23)C1. The van der Waals surface area contributed by atoms with Crippen molar-refractivity contribution < 1.29 is 14.0 Å². The van der Waals surface area contributed by atoms with Gasteiger partial charge in [0.1, 0.15) is 5.82 Å². The van der Waals surface area contributed by atoms with Crippen molar-refractivity contribution in [1.29, 1.82) is 0 Å². The van der Waals surface area contributed by atoms with Gasteiger partial charge in [-0.05, 0) is 17.7 Å². The number of amides is 2. The Bertz CT molecular complexity index is 970. The third-order valence-electron chi connectivity index (χ3n) is 4.58. The van der Waals surface area contributed by atoms with E-state index in [2.05, 4.69) is 15.5 Å². The van der Waals surface area contributed by atoms with Gasteiger partial charge in [0, 0.05) is 19.5 Å². The Labute approximate surface area is 149 Å². The Hall–Kier alpha value is -3.22. The van der Waals surface area contributed by atoms with Gasteiger partial charge in [-0.3, -0.25) is 19.6 Å². The van der Waals surface area contributed by atoms with Gasteiger partial charge in [-0.25, -0.2) is 4.39 Å². The molecule has 2 N–H and O–H groups in total. The molecule has 0 aliphatic carbocycles.